The van der Waals surface area contributed by atoms with E-state index in [1.54, 1.807) is 6.92 Å². The number of hydrogen-bond acceptors (Lipinski definition) is 5. The van der Waals surface area contributed by atoms with Crippen molar-refractivity contribution in [1.29, 1.82) is 0 Å². The Bertz CT molecular complexity index is 779. The average molecular weight is 327 g/mol. The monoisotopic (exact) mass is 327 g/mol. The number of nitrogens with two attached hydrogens (primary N) is 1. The number of non-ortho nitro benzene ring substituents is 1. The van der Waals surface area contributed by atoms with Crippen molar-refractivity contribution in [3.63, 3.8) is 0 Å². The summed E-state index contributed by atoms with van der Waals surface area (Å²) in [6.07, 6.45) is -0.797. The van der Waals surface area contributed by atoms with Gasteiger partial charge < -0.3 is 15.4 Å². The lowest BCUT2D eigenvalue weighted by atomic mass is 10.0. The fourth-order valence-electron chi connectivity index (χ4n) is 2.73. The minimum absolute atomic E-state index is 0.0995. The van der Waals surface area contributed by atoms with Gasteiger partial charge in [0, 0.05) is 30.3 Å². The van der Waals surface area contributed by atoms with Crippen LogP contribution >= 0.6 is 0 Å². The van der Waals surface area contributed by atoms with Crippen molar-refractivity contribution in [2.24, 2.45) is 5.73 Å². The van der Waals surface area contributed by atoms with Crippen LogP contribution in [-0.2, 0) is 4.79 Å². The highest BCUT2D eigenvalue weighted by Crippen LogP contribution is 2.41. The second kappa shape index (κ2) is 6.29. The second-order valence-electron chi connectivity index (χ2n) is 5.61. The van der Waals surface area contributed by atoms with Crippen molar-refractivity contribution in [1.82, 2.24) is 0 Å². The first-order valence-electron chi connectivity index (χ1n) is 7.56. The van der Waals surface area contributed by atoms with Crippen LogP contribution in [0.3, 0.4) is 0 Å². The van der Waals surface area contributed by atoms with Crippen molar-refractivity contribution >= 4 is 17.3 Å². The molecule has 3 rings (SSSR count). The molecule has 0 fully saturated rings. The molecule has 1 heterocycles. The zero-order valence-corrected chi connectivity index (χ0v) is 13.1. The summed E-state index contributed by atoms with van der Waals surface area (Å²) in [4.78, 5) is 25.0. The van der Waals surface area contributed by atoms with Gasteiger partial charge in [-0.05, 0) is 13.0 Å². The summed E-state index contributed by atoms with van der Waals surface area (Å²) < 4.78 is 5.84. The van der Waals surface area contributed by atoms with E-state index in [9.17, 15) is 14.9 Å². The van der Waals surface area contributed by atoms with Gasteiger partial charge in [0.25, 0.3) is 11.6 Å². The summed E-state index contributed by atoms with van der Waals surface area (Å²) in [5.74, 6) is 0.140. The third-order valence-electron chi connectivity index (χ3n) is 4.00. The fraction of sp³-hybridized carbons (Fsp3) is 0.235. The van der Waals surface area contributed by atoms with Crippen LogP contribution in [0.25, 0.3) is 0 Å². The van der Waals surface area contributed by atoms with Crippen molar-refractivity contribution in [2.45, 2.75) is 19.1 Å². The van der Waals surface area contributed by atoms with Crippen LogP contribution in [0.2, 0.25) is 0 Å². The van der Waals surface area contributed by atoms with E-state index in [0.717, 1.165) is 5.56 Å². The molecule has 1 aliphatic rings. The molecule has 0 radical (unpaired) electrons. The molecule has 1 aliphatic heterocycles. The van der Waals surface area contributed by atoms with Gasteiger partial charge in [-0.3, -0.25) is 14.9 Å². The molecule has 7 heteroatoms. The molecule has 0 aliphatic carbocycles. The molecular formula is C17H17N3O4. The van der Waals surface area contributed by atoms with Crippen LogP contribution in [0.15, 0.2) is 48.5 Å². The van der Waals surface area contributed by atoms with Gasteiger partial charge in [-0.15, -0.1) is 0 Å². The van der Waals surface area contributed by atoms with Gasteiger partial charge in [-0.1, -0.05) is 30.3 Å². The Morgan fingerprint density at radius 3 is 2.62 bits per heavy atom. The van der Waals surface area contributed by atoms with Gasteiger partial charge in [-0.25, -0.2) is 0 Å². The number of ether oxygens (including phenoxy) is 1. The predicted octanol–water partition coefficient (Wildman–Crippen LogP) is 2.41. The standard InChI is InChI=1S/C17H17N3O4/c1-11(10-18)19-14-9-13(20(22)23)7-8-15(14)24-16(17(19)21)12-5-3-2-4-6-12/h2-9,11,16H,10,18H2,1H3. The van der Waals surface area contributed by atoms with Gasteiger partial charge in [0.05, 0.1) is 10.6 Å². The van der Waals surface area contributed by atoms with Gasteiger partial charge >= 0.3 is 0 Å². The number of amides is 1. The van der Waals surface area contributed by atoms with E-state index in [-0.39, 0.29) is 24.2 Å². The largest absolute Gasteiger partial charge is 0.474 e. The number of nitro benzene ring substituents is 1. The number of benzene rings is 2. The van der Waals surface area contributed by atoms with Crippen LogP contribution in [0, 0.1) is 10.1 Å². The lowest BCUT2D eigenvalue weighted by Gasteiger charge is -2.37. The van der Waals surface area contributed by atoms with Gasteiger partial charge in [0.15, 0.2) is 0 Å². The van der Waals surface area contributed by atoms with E-state index in [1.165, 1.54) is 23.1 Å². The van der Waals surface area contributed by atoms with E-state index in [1.807, 2.05) is 30.3 Å². The van der Waals surface area contributed by atoms with Crippen molar-refractivity contribution in [3.8, 4) is 5.75 Å². The molecule has 0 spiro atoms. The normalized spacial score (nSPS) is 17.8. The van der Waals surface area contributed by atoms with E-state index < -0.39 is 11.0 Å². The molecular weight excluding hydrogens is 310 g/mol. The van der Waals surface area contributed by atoms with Crippen LogP contribution in [0.4, 0.5) is 11.4 Å². The molecule has 2 aromatic rings. The van der Waals surface area contributed by atoms with Gasteiger partial charge in [-0.2, -0.15) is 0 Å². The molecule has 24 heavy (non-hydrogen) atoms. The summed E-state index contributed by atoms with van der Waals surface area (Å²) in [7, 11) is 0. The number of nitrogens with zero attached hydrogens (tertiary/aromatic N) is 2. The Hall–Kier alpha value is -2.93. The van der Waals surface area contributed by atoms with E-state index in [2.05, 4.69) is 0 Å². The summed E-state index contributed by atoms with van der Waals surface area (Å²) in [6.45, 7) is 2.03. The highest BCUT2D eigenvalue weighted by molar-refractivity contribution is 6.01. The zero-order valence-electron chi connectivity index (χ0n) is 13.1. The van der Waals surface area contributed by atoms with E-state index in [4.69, 9.17) is 10.5 Å². The number of hydrogen-bond donors (Lipinski definition) is 1. The summed E-state index contributed by atoms with van der Waals surface area (Å²) in [5, 5.41) is 11.0. The topological polar surface area (TPSA) is 98.7 Å². The lowest BCUT2D eigenvalue weighted by Crippen LogP contribution is -2.48. The van der Waals surface area contributed by atoms with E-state index >= 15 is 0 Å². The van der Waals surface area contributed by atoms with Gasteiger partial charge in [0.2, 0.25) is 6.10 Å². The van der Waals surface area contributed by atoms with Gasteiger partial charge in [0.1, 0.15) is 5.75 Å². The number of fused-ring (bicyclic) bond motifs is 1. The van der Waals surface area contributed by atoms with Crippen molar-refractivity contribution in [2.75, 3.05) is 11.4 Å². The number of carbonyl (C=O) groups is 1. The number of carbonyl (C=O) groups excluding carboxylic acids is 1. The molecule has 124 valence electrons. The molecule has 1 amide bonds. The molecule has 0 saturated carbocycles. The quantitative estimate of drug-likeness (QED) is 0.687. The molecule has 7 nitrogen and oxygen atoms in total. The molecule has 2 aromatic carbocycles. The van der Waals surface area contributed by atoms with Crippen LogP contribution in [0.1, 0.15) is 18.6 Å². The predicted molar refractivity (Wildman–Crippen MR) is 88.9 cm³/mol. The van der Waals surface area contributed by atoms with Crippen LogP contribution < -0.4 is 15.4 Å². The van der Waals surface area contributed by atoms with Crippen LogP contribution in [-0.4, -0.2) is 23.4 Å². The highest BCUT2D eigenvalue weighted by Gasteiger charge is 2.38. The second-order valence-corrected chi connectivity index (χ2v) is 5.61. The number of nitro groups is 1. The maximum atomic E-state index is 12.9. The summed E-state index contributed by atoms with van der Waals surface area (Å²) >= 11 is 0. The Labute approximate surface area is 138 Å². The van der Waals surface area contributed by atoms with Crippen molar-refractivity contribution < 1.29 is 14.5 Å². The third kappa shape index (κ3) is 2.69. The minimum atomic E-state index is -0.797. The minimum Gasteiger partial charge on any atom is -0.474 e. The SMILES string of the molecule is CC(CN)N1C(=O)C(c2ccccc2)Oc2ccc([N+](=O)[O-])cc21. The zero-order chi connectivity index (χ0) is 17.3. The smallest absolute Gasteiger partial charge is 0.273 e. The first-order valence-corrected chi connectivity index (χ1v) is 7.56. The Morgan fingerprint density at radius 2 is 2.00 bits per heavy atom. The molecule has 2 atom stereocenters. The maximum Gasteiger partial charge on any atom is 0.273 e. The molecule has 0 saturated heterocycles. The molecule has 0 aromatic heterocycles. The third-order valence-corrected chi connectivity index (χ3v) is 4.00. The first-order chi connectivity index (χ1) is 11.5. The lowest BCUT2D eigenvalue weighted by molar-refractivity contribution is -0.384. The average Bonchev–Trinajstić information content (AvgIpc) is 2.60. The number of rotatable bonds is 4. The fourth-order valence-corrected chi connectivity index (χ4v) is 2.73. The molecule has 2 N–H and O–H groups in total. The Morgan fingerprint density at radius 1 is 1.29 bits per heavy atom. The molecule has 0 bridgehead atoms. The molecule has 2 unspecified atom stereocenters. The van der Waals surface area contributed by atoms with Crippen molar-refractivity contribution in [3.05, 3.63) is 64.2 Å². The maximum absolute atomic E-state index is 12.9. The number of anilines is 1. The summed E-state index contributed by atoms with van der Waals surface area (Å²) in [5.41, 5.74) is 6.73. The first kappa shape index (κ1) is 15.9. The highest BCUT2D eigenvalue weighted by atomic mass is 16.6. The Kier molecular flexibility index (Phi) is 4.18. The Balaban J connectivity index is 2.10. The van der Waals surface area contributed by atoms with E-state index in [0.29, 0.717) is 11.4 Å². The van der Waals surface area contributed by atoms with Crippen LogP contribution in [0.5, 0.6) is 5.75 Å². The summed E-state index contributed by atoms with van der Waals surface area (Å²) in [6, 6.07) is 13.0.